The molecule has 0 aliphatic carbocycles. The van der Waals surface area contributed by atoms with Crippen LogP contribution in [0.25, 0.3) is 10.8 Å². The quantitative estimate of drug-likeness (QED) is 0.319. The molecule has 3 aromatic rings. The van der Waals surface area contributed by atoms with E-state index in [0.29, 0.717) is 47.2 Å². The van der Waals surface area contributed by atoms with Crippen LogP contribution >= 0.6 is 0 Å². The summed E-state index contributed by atoms with van der Waals surface area (Å²) in [6.45, 7) is 7.88. The molecule has 210 valence electrons. The molecule has 0 atom stereocenters. The molecule has 0 radical (unpaired) electrons. The average Bonchev–Trinajstić information content (AvgIpc) is 2.78. The van der Waals surface area contributed by atoms with Gasteiger partial charge in [-0.25, -0.2) is 4.39 Å². The Hall–Kier alpha value is -3.73. The number of rotatable bonds is 8. The summed E-state index contributed by atoms with van der Waals surface area (Å²) in [6.07, 6.45) is -3.59. The van der Waals surface area contributed by atoms with Gasteiger partial charge < -0.3 is 14.6 Å². The number of carbonyl (C=O) groups excluding carboxylic acids is 2. The molecular formula is C28H31F4N3O4. The van der Waals surface area contributed by atoms with Crippen LogP contribution in [0.3, 0.4) is 0 Å². The third-order valence-corrected chi connectivity index (χ3v) is 5.88. The van der Waals surface area contributed by atoms with E-state index in [1.54, 1.807) is 64.0 Å². The molecule has 11 heteroatoms. The van der Waals surface area contributed by atoms with Crippen LogP contribution in [0.2, 0.25) is 0 Å². The number of fused-ring (bicyclic) bond motifs is 1. The Morgan fingerprint density at radius 2 is 1.74 bits per heavy atom. The lowest BCUT2D eigenvalue weighted by molar-refractivity contribution is -0.155. The molecule has 39 heavy (non-hydrogen) atoms. The van der Waals surface area contributed by atoms with Crippen molar-refractivity contribution in [3.8, 4) is 0 Å². The van der Waals surface area contributed by atoms with Crippen molar-refractivity contribution in [1.82, 2.24) is 9.47 Å². The van der Waals surface area contributed by atoms with Gasteiger partial charge in [0.25, 0.3) is 5.56 Å². The first-order valence-corrected chi connectivity index (χ1v) is 12.2. The number of halogens is 4. The lowest BCUT2D eigenvalue weighted by atomic mass is 10.0. The Kier molecular flexibility index (Phi) is 8.84. The molecule has 0 aliphatic rings. The van der Waals surface area contributed by atoms with Crippen molar-refractivity contribution in [2.24, 2.45) is 0 Å². The van der Waals surface area contributed by atoms with Crippen LogP contribution < -0.4 is 10.9 Å². The number of nitrogens with one attached hydrogen (secondary N) is 1. The standard InChI is InChI=1S/C28H31F4N3O4/c1-17-6-8-20-19(10-11-35(26(20)38)13-12-34(5)16-24(37)39-27(2,3)4)25(17)33-23(36)15-18-7-9-21(22(29)14-18)28(30,31)32/h6-11,14H,12-13,15-16H2,1-5H3,(H,33,36). The minimum absolute atomic E-state index is 0.0673. The van der Waals surface area contributed by atoms with Gasteiger partial charge in [0.2, 0.25) is 5.91 Å². The topological polar surface area (TPSA) is 80.6 Å². The lowest BCUT2D eigenvalue weighted by Crippen LogP contribution is -2.35. The predicted molar refractivity (Wildman–Crippen MR) is 140 cm³/mol. The molecule has 2 aromatic carbocycles. The number of hydrogen-bond acceptors (Lipinski definition) is 5. The predicted octanol–water partition coefficient (Wildman–Crippen LogP) is 4.92. The fourth-order valence-electron chi connectivity index (χ4n) is 4.04. The highest BCUT2D eigenvalue weighted by Gasteiger charge is 2.34. The summed E-state index contributed by atoms with van der Waals surface area (Å²) in [5.41, 5.74) is -1.15. The zero-order chi connectivity index (χ0) is 29.1. The Balaban J connectivity index is 1.74. The van der Waals surface area contributed by atoms with E-state index in [0.717, 1.165) is 6.07 Å². The summed E-state index contributed by atoms with van der Waals surface area (Å²) < 4.78 is 59.1. The number of amides is 1. The van der Waals surface area contributed by atoms with Crippen LogP contribution in [-0.4, -0.2) is 47.1 Å². The number of likely N-dealkylation sites (N-methyl/N-ethyl adjacent to an activating group) is 1. The van der Waals surface area contributed by atoms with E-state index in [-0.39, 0.29) is 30.1 Å². The summed E-state index contributed by atoms with van der Waals surface area (Å²) in [7, 11) is 1.75. The van der Waals surface area contributed by atoms with Gasteiger partial charge in [-0.15, -0.1) is 0 Å². The number of ether oxygens (including phenoxy) is 1. The number of hydrogen-bond donors (Lipinski definition) is 1. The summed E-state index contributed by atoms with van der Waals surface area (Å²) in [5, 5.41) is 3.56. The molecule has 3 rings (SSSR count). The van der Waals surface area contributed by atoms with Crippen LogP contribution in [0.4, 0.5) is 23.2 Å². The zero-order valence-corrected chi connectivity index (χ0v) is 22.4. The van der Waals surface area contributed by atoms with Gasteiger partial charge in [0.15, 0.2) is 0 Å². The average molecular weight is 550 g/mol. The van der Waals surface area contributed by atoms with E-state index in [9.17, 15) is 31.9 Å². The van der Waals surface area contributed by atoms with Gasteiger partial charge >= 0.3 is 12.1 Å². The summed E-state index contributed by atoms with van der Waals surface area (Å²) in [5.74, 6) is -2.39. The fourth-order valence-corrected chi connectivity index (χ4v) is 4.04. The maximum absolute atomic E-state index is 13.9. The number of benzene rings is 2. The number of pyridine rings is 1. The number of aromatic nitrogens is 1. The van der Waals surface area contributed by atoms with Crippen molar-refractivity contribution in [2.75, 3.05) is 25.5 Å². The maximum atomic E-state index is 13.9. The van der Waals surface area contributed by atoms with Crippen LogP contribution in [0, 0.1) is 12.7 Å². The molecule has 0 unspecified atom stereocenters. The second kappa shape index (κ2) is 11.6. The molecule has 0 aliphatic heterocycles. The first-order valence-electron chi connectivity index (χ1n) is 12.2. The van der Waals surface area contributed by atoms with Crippen LogP contribution in [0.5, 0.6) is 0 Å². The van der Waals surface area contributed by atoms with Crippen LogP contribution in [-0.2, 0) is 33.5 Å². The van der Waals surface area contributed by atoms with E-state index >= 15 is 0 Å². The van der Waals surface area contributed by atoms with Crippen molar-refractivity contribution in [1.29, 1.82) is 0 Å². The Labute approximate surface area is 223 Å². The molecule has 1 aromatic heterocycles. The van der Waals surface area contributed by atoms with Crippen LogP contribution in [0.1, 0.15) is 37.5 Å². The Morgan fingerprint density at radius 1 is 1.05 bits per heavy atom. The third-order valence-electron chi connectivity index (χ3n) is 5.88. The van der Waals surface area contributed by atoms with Crippen molar-refractivity contribution >= 4 is 28.3 Å². The van der Waals surface area contributed by atoms with Crippen molar-refractivity contribution in [3.05, 3.63) is 75.5 Å². The van der Waals surface area contributed by atoms with Crippen LogP contribution in [0.15, 0.2) is 47.4 Å². The number of anilines is 1. The Morgan fingerprint density at radius 3 is 2.36 bits per heavy atom. The van der Waals surface area contributed by atoms with Crippen molar-refractivity contribution in [3.63, 3.8) is 0 Å². The molecule has 1 N–H and O–H groups in total. The van der Waals surface area contributed by atoms with E-state index in [2.05, 4.69) is 5.32 Å². The molecule has 0 saturated carbocycles. The third kappa shape index (κ3) is 7.89. The minimum Gasteiger partial charge on any atom is -0.459 e. The zero-order valence-electron chi connectivity index (χ0n) is 22.4. The van der Waals surface area contributed by atoms with Gasteiger partial charge in [-0.3, -0.25) is 19.3 Å². The number of alkyl halides is 3. The first-order chi connectivity index (χ1) is 18.0. The highest BCUT2D eigenvalue weighted by molar-refractivity contribution is 6.03. The first kappa shape index (κ1) is 29.8. The highest BCUT2D eigenvalue weighted by Crippen LogP contribution is 2.32. The van der Waals surface area contributed by atoms with Gasteiger partial charge in [-0.1, -0.05) is 12.1 Å². The molecule has 0 bridgehead atoms. The molecule has 0 spiro atoms. The monoisotopic (exact) mass is 549 g/mol. The smallest absolute Gasteiger partial charge is 0.419 e. The SMILES string of the molecule is Cc1ccc2c(=O)n(CCN(C)CC(=O)OC(C)(C)C)ccc2c1NC(=O)Cc1ccc(C(F)(F)F)c(F)c1. The summed E-state index contributed by atoms with van der Waals surface area (Å²) in [6, 6.07) is 7.36. The van der Waals surface area contributed by atoms with Crippen molar-refractivity contribution in [2.45, 2.75) is 52.4 Å². The molecule has 0 saturated heterocycles. The fraction of sp³-hybridized carbons (Fsp3) is 0.393. The summed E-state index contributed by atoms with van der Waals surface area (Å²) >= 11 is 0. The second-order valence-corrected chi connectivity index (χ2v) is 10.4. The number of nitrogens with zero attached hydrogens (tertiary/aromatic N) is 2. The second-order valence-electron chi connectivity index (χ2n) is 10.4. The number of aryl methyl sites for hydroxylation is 1. The number of esters is 1. The van der Waals surface area contributed by atoms with E-state index in [4.69, 9.17) is 4.74 Å². The normalized spacial score (nSPS) is 12.2. The Bertz CT molecular complexity index is 1440. The molecular weight excluding hydrogens is 518 g/mol. The van der Waals surface area contributed by atoms with Gasteiger partial charge in [-0.05, 0) is 70.1 Å². The molecule has 7 nitrogen and oxygen atoms in total. The van der Waals surface area contributed by atoms with E-state index in [1.165, 1.54) is 4.57 Å². The van der Waals surface area contributed by atoms with Gasteiger partial charge in [0.05, 0.1) is 24.2 Å². The van der Waals surface area contributed by atoms with Gasteiger partial charge in [0.1, 0.15) is 11.4 Å². The lowest BCUT2D eigenvalue weighted by Gasteiger charge is -2.22. The molecule has 0 fully saturated rings. The van der Waals surface area contributed by atoms with E-state index in [1.807, 2.05) is 0 Å². The minimum atomic E-state index is -4.83. The molecule has 1 heterocycles. The largest absolute Gasteiger partial charge is 0.459 e. The number of carbonyl (C=O) groups is 2. The van der Waals surface area contributed by atoms with Crippen molar-refractivity contribution < 1.29 is 31.9 Å². The highest BCUT2D eigenvalue weighted by atomic mass is 19.4. The van der Waals surface area contributed by atoms with E-state index < -0.39 is 29.1 Å². The van der Waals surface area contributed by atoms with Gasteiger partial charge in [0, 0.05) is 30.1 Å². The maximum Gasteiger partial charge on any atom is 0.419 e. The molecule has 1 amide bonds. The summed E-state index contributed by atoms with van der Waals surface area (Å²) in [4.78, 5) is 39.6. The van der Waals surface area contributed by atoms with Gasteiger partial charge in [-0.2, -0.15) is 13.2 Å².